The van der Waals surface area contributed by atoms with Crippen LogP contribution >= 0.6 is 0 Å². The van der Waals surface area contributed by atoms with Crippen LogP contribution in [-0.4, -0.2) is 45.3 Å². The molecule has 27 heavy (non-hydrogen) atoms. The fraction of sp³-hybridized carbons (Fsp3) is 0.400. The van der Waals surface area contributed by atoms with Crippen molar-refractivity contribution in [1.82, 2.24) is 14.7 Å². The van der Waals surface area contributed by atoms with Crippen LogP contribution in [0.3, 0.4) is 0 Å². The molecule has 140 valence electrons. The van der Waals surface area contributed by atoms with Crippen LogP contribution < -0.4 is 0 Å². The SMILES string of the molecule is CC(=O)N1CCC(C2=Nc3c(-c4ccc(F)cc4)c(C)nn3C(=O)C2)CC1. The summed E-state index contributed by atoms with van der Waals surface area (Å²) < 4.78 is 14.7. The van der Waals surface area contributed by atoms with Crippen molar-refractivity contribution in [2.75, 3.05) is 13.1 Å². The first kappa shape index (κ1) is 17.6. The second kappa shape index (κ2) is 6.72. The standard InChI is InChI=1S/C20H21FN4O2/c1-12-19(15-3-5-16(21)6-4-15)20-22-17(11-18(27)25(20)23-12)14-7-9-24(10-8-14)13(2)26/h3-6,14H,7-11H2,1-2H3. The molecule has 0 bridgehead atoms. The maximum Gasteiger partial charge on any atom is 0.254 e. The molecule has 0 saturated carbocycles. The number of halogens is 1. The van der Waals surface area contributed by atoms with Crippen LogP contribution in [-0.2, 0) is 4.79 Å². The second-order valence-electron chi connectivity index (χ2n) is 7.16. The lowest BCUT2D eigenvalue weighted by atomic mass is 9.89. The van der Waals surface area contributed by atoms with Crippen molar-refractivity contribution < 1.29 is 14.0 Å². The quantitative estimate of drug-likeness (QED) is 0.816. The Bertz CT molecular complexity index is 938. The van der Waals surface area contributed by atoms with E-state index < -0.39 is 0 Å². The highest BCUT2D eigenvalue weighted by molar-refractivity contribution is 6.08. The summed E-state index contributed by atoms with van der Waals surface area (Å²) in [5.74, 6) is 0.395. The lowest BCUT2D eigenvalue weighted by molar-refractivity contribution is -0.129. The molecule has 1 saturated heterocycles. The van der Waals surface area contributed by atoms with Gasteiger partial charge in [-0.25, -0.2) is 9.38 Å². The number of amides is 1. The zero-order chi connectivity index (χ0) is 19.1. The number of carbonyl (C=O) groups excluding carboxylic acids is 2. The van der Waals surface area contributed by atoms with Gasteiger partial charge in [0.2, 0.25) is 5.91 Å². The number of benzene rings is 1. The number of rotatable bonds is 2. The highest BCUT2D eigenvalue weighted by atomic mass is 19.1. The monoisotopic (exact) mass is 368 g/mol. The average molecular weight is 368 g/mol. The molecule has 0 spiro atoms. The number of aromatic nitrogens is 2. The van der Waals surface area contributed by atoms with Gasteiger partial charge >= 0.3 is 0 Å². The minimum atomic E-state index is -0.310. The summed E-state index contributed by atoms with van der Waals surface area (Å²) in [6.07, 6.45) is 1.87. The van der Waals surface area contributed by atoms with Gasteiger partial charge in [-0.3, -0.25) is 9.59 Å². The van der Waals surface area contributed by atoms with Crippen LogP contribution in [0.15, 0.2) is 29.3 Å². The Morgan fingerprint density at radius 3 is 2.48 bits per heavy atom. The Morgan fingerprint density at radius 2 is 1.85 bits per heavy atom. The van der Waals surface area contributed by atoms with Gasteiger partial charge in [0.05, 0.1) is 12.1 Å². The summed E-state index contributed by atoms with van der Waals surface area (Å²) in [5, 5.41) is 4.36. The molecule has 0 N–H and O–H groups in total. The van der Waals surface area contributed by atoms with Gasteiger partial charge in [-0.2, -0.15) is 9.78 Å². The van der Waals surface area contributed by atoms with Crippen molar-refractivity contribution in [3.63, 3.8) is 0 Å². The highest BCUT2D eigenvalue weighted by Gasteiger charge is 2.31. The largest absolute Gasteiger partial charge is 0.343 e. The molecule has 2 aliphatic heterocycles. The van der Waals surface area contributed by atoms with Gasteiger partial charge in [-0.1, -0.05) is 12.1 Å². The third kappa shape index (κ3) is 3.18. The minimum Gasteiger partial charge on any atom is -0.343 e. The molecule has 6 nitrogen and oxygen atoms in total. The number of fused-ring (bicyclic) bond motifs is 1. The molecular formula is C20H21FN4O2. The lowest BCUT2D eigenvalue weighted by Crippen LogP contribution is -2.40. The predicted molar refractivity (Wildman–Crippen MR) is 99.7 cm³/mol. The molecule has 3 heterocycles. The van der Waals surface area contributed by atoms with Crippen LogP contribution in [0.25, 0.3) is 11.1 Å². The number of likely N-dealkylation sites (tertiary alicyclic amines) is 1. The Labute approximate surface area is 156 Å². The van der Waals surface area contributed by atoms with E-state index in [2.05, 4.69) is 5.10 Å². The Morgan fingerprint density at radius 1 is 1.19 bits per heavy atom. The fourth-order valence-corrected chi connectivity index (χ4v) is 3.92. The summed E-state index contributed by atoms with van der Waals surface area (Å²) in [4.78, 5) is 30.8. The van der Waals surface area contributed by atoms with Crippen molar-refractivity contribution >= 4 is 23.3 Å². The number of aryl methyl sites for hydroxylation is 1. The van der Waals surface area contributed by atoms with E-state index in [1.165, 1.54) is 16.8 Å². The van der Waals surface area contributed by atoms with E-state index in [4.69, 9.17) is 4.99 Å². The number of hydrogen-bond acceptors (Lipinski definition) is 4. The smallest absolute Gasteiger partial charge is 0.254 e. The topological polar surface area (TPSA) is 67.6 Å². The summed E-state index contributed by atoms with van der Waals surface area (Å²) in [6, 6.07) is 6.15. The highest BCUT2D eigenvalue weighted by Crippen LogP contribution is 2.37. The Kier molecular flexibility index (Phi) is 4.37. The van der Waals surface area contributed by atoms with Gasteiger partial charge in [0.15, 0.2) is 5.82 Å². The fourth-order valence-electron chi connectivity index (χ4n) is 3.92. The van der Waals surface area contributed by atoms with E-state index in [9.17, 15) is 14.0 Å². The third-order valence-corrected chi connectivity index (χ3v) is 5.40. The molecule has 1 fully saturated rings. The molecule has 1 aromatic carbocycles. The maximum atomic E-state index is 13.3. The number of hydrogen-bond donors (Lipinski definition) is 0. The molecular weight excluding hydrogens is 347 g/mol. The zero-order valence-electron chi connectivity index (χ0n) is 15.4. The van der Waals surface area contributed by atoms with Gasteiger partial charge < -0.3 is 4.90 Å². The lowest BCUT2D eigenvalue weighted by Gasteiger charge is -2.32. The van der Waals surface area contributed by atoms with Crippen molar-refractivity contribution in [3.05, 3.63) is 35.8 Å². The first-order valence-corrected chi connectivity index (χ1v) is 9.15. The van der Waals surface area contributed by atoms with Gasteiger partial charge in [0.1, 0.15) is 5.82 Å². The molecule has 2 aliphatic rings. The van der Waals surface area contributed by atoms with Gasteiger partial charge in [-0.05, 0) is 37.5 Å². The molecule has 0 aliphatic carbocycles. The van der Waals surface area contributed by atoms with E-state index >= 15 is 0 Å². The first-order chi connectivity index (χ1) is 12.9. The summed E-state index contributed by atoms with van der Waals surface area (Å²) >= 11 is 0. The zero-order valence-corrected chi connectivity index (χ0v) is 15.4. The van der Waals surface area contributed by atoms with E-state index in [1.807, 2.05) is 11.8 Å². The maximum absolute atomic E-state index is 13.3. The minimum absolute atomic E-state index is 0.0856. The van der Waals surface area contributed by atoms with Crippen molar-refractivity contribution in [3.8, 4) is 11.1 Å². The molecule has 2 aromatic rings. The van der Waals surface area contributed by atoms with Gasteiger partial charge in [0.25, 0.3) is 5.91 Å². The predicted octanol–water partition coefficient (Wildman–Crippen LogP) is 3.37. The Balaban J connectivity index is 1.69. The molecule has 7 heteroatoms. The molecule has 0 atom stereocenters. The van der Waals surface area contributed by atoms with Gasteiger partial charge in [0, 0.05) is 37.2 Å². The van der Waals surface area contributed by atoms with Crippen LogP contribution in [0.2, 0.25) is 0 Å². The van der Waals surface area contributed by atoms with Crippen molar-refractivity contribution in [1.29, 1.82) is 0 Å². The number of carbonyl (C=O) groups is 2. The number of aliphatic imine (C=N–C) groups is 1. The van der Waals surface area contributed by atoms with Gasteiger partial charge in [-0.15, -0.1) is 0 Å². The van der Waals surface area contributed by atoms with E-state index in [0.29, 0.717) is 24.6 Å². The summed E-state index contributed by atoms with van der Waals surface area (Å²) in [7, 11) is 0. The van der Waals surface area contributed by atoms with E-state index in [1.54, 1.807) is 19.1 Å². The second-order valence-corrected chi connectivity index (χ2v) is 7.16. The first-order valence-electron chi connectivity index (χ1n) is 9.15. The number of piperidine rings is 1. The van der Waals surface area contributed by atoms with Crippen LogP contribution in [0.5, 0.6) is 0 Å². The van der Waals surface area contributed by atoms with E-state index in [0.717, 1.165) is 29.7 Å². The third-order valence-electron chi connectivity index (χ3n) is 5.40. The van der Waals surface area contributed by atoms with Crippen LogP contribution in [0.1, 0.15) is 36.7 Å². The molecule has 0 unspecified atom stereocenters. The van der Waals surface area contributed by atoms with Crippen molar-refractivity contribution in [2.45, 2.75) is 33.1 Å². The van der Waals surface area contributed by atoms with Crippen LogP contribution in [0, 0.1) is 18.7 Å². The molecule has 0 radical (unpaired) electrons. The molecule has 1 amide bonds. The van der Waals surface area contributed by atoms with E-state index in [-0.39, 0.29) is 30.0 Å². The van der Waals surface area contributed by atoms with Crippen LogP contribution in [0.4, 0.5) is 10.2 Å². The summed E-state index contributed by atoms with van der Waals surface area (Å²) in [5.41, 5.74) is 3.11. The Hall–Kier alpha value is -2.83. The average Bonchev–Trinajstić information content (AvgIpc) is 2.99. The molecule has 1 aromatic heterocycles. The van der Waals surface area contributed by atoms with Crippen molar-refractivity contribution in [2.24, 2.45) is 10.9 Å². The summed E-state index contributed by atoms with van der Waals surface area (Å²) in [6.45, 7) is 4.79. The number of nitrogens with zero attached hydrogens (tertiary/aromatic N) is 4. The molecule has 4 rings (SSSR count). The normalized spacial score (nSPS) is 17.7.